The van der Waals surface area contributed by atoms with Crippen molar-refractivity contribution in [3.8, 4) is 0 Å². The number of ether oxygens (including phenoxy) is 2. The van der Waals surface area contributed by atoms with Crippen molar-refractivity contribution < 1.29 is 19.4 Å². The fourth-order valence-corrected chi connectivity index (χ4v) is 0.939. The van der Waals surface area contributed by atoms with E-state index in [4.69, 9.17) is 14.6 Å². The lowest BCUT2D eigenvalue weighted by Crippen LogP contribution is -2.39. The second-order valence-corrected chi connectivity index (χ2v) is 4.45. The predicted octanol–water partition coefficient (Wildman–Crippen LogP) is 2.07. The minimum Gasteiger partial charge on any atom is -0.479 e. The van der Waals surface area contributed by atoms with E-state index in [1.54, 1.807) is 21.0 Å². The molecule has 4 nitrogen and oxygen atoms in total. The first-order valence-corrected chi connectivity index (χ1v) is 5.20. The largest absolute Gasteiger partial charge is 0.479 e. The lowest BCUT2D eigenvalue weighted by atomic mass is 10.0. The summed E-state index contributed by atoms with van der Waals surface area (Å²) in [6.07, 6.45) is 1.13. The molecular formula is C11H22O4. The SMILES string of the molecule is CCC(C)(OCCC(C)(C)OC)C(=O)O. The number of aliphatic carboxylic acids is 1. The lowest BCUT2D eigenvalue weighted by molar-refractivity contribution is -0.166. The molecule has 1 N–H and O–H groups in total. The summed E-state index contributed by atoms with van der Waals surface area (Å²) in [5.41, 5.74) is -1.35. The minimum atomic E-state index is -1.08. The van der Waals surface area contributed by atoms with Gasteiger partial charge in [-0.25, -0.2) is 4.79 Å². The highest BCUT2D eigenvalue weighted by molar-refractivity contribution is 5.76. The van der Waals surface area contributed by atoms with Crippen LogP contribution in [-0.2, 0) is 14.3 Å². The molecule has 4 heteroatoms. The summed E-state index contributed by atoms with van der Waals surface area (Å²) < 4.78 is 10.6. The second-order valence-electron chi connectivity index (χ2n) is 4.45. The number of rotatable bonds is 7. The molecule has 0 rings (SSSR count). The molecule has 1 atom stereocenters. The lowest BCUT2D eigenvalue weighted by Gasteiger charge is -2.27. The van der Waals surface area contributed by atoms with Crippen LogP contribution in [0.25, 0.3) is 0 Å². The van der Waals surface area contributed by atoms with Crippen LogP contribution in [-0.4, -0.2) is 36.0 Å². The molecule has 0 aliphatic rings. The van der Waals surface area contributed by atoms with Crippen LogP contribution in [0.4, 0.5) is 0 Å². The van der Waals surface area contributed by atoms with Gasteiger partial charge in [-0.1, -0.05) is 6.92 Å². The summed E-state index contributed by atoms with van der Waals surface area (Å²) in [5, 5.41) is 8.96. The normalized spacial score (nSPS) is 16.1. The van der Waals surface area contributed by atoms with E-state index < -0.39 is 11.6 Å². The van der Waals surface area contributed by atoms with Crippen LogP contribution >= 0.6 is 0 Å². The Morgan fingerprint density at radius 1 is 1.33 bits per heavy atom. The van der Waals surface area contributed by atoms with Crippen molar-refractivity contribution in [2.24, 2.45) is 0 Å². The molecule has 0 saturated heterocycles. The topological polar surface area (TPSA) is 55.8 Å². The van der Waals surface area contributed by atoms with Crippen molar-refractivity contribution in [1.82, 2.24) is 0 Å². The summed E-state index contributed by atoms with van der Waals surface area (Å²) in [4.78, 5) is 10.9. The number of carboxylic acid groups (broad SMARTS) is 1. The van der Waals surface area contributed by atoms with Gasteiger partial charge in [-0.15, -0.1) is 0 Å². The molecule has 0 aromatic rings. The van der Waals surface area contributed by atoms with Crippen LogP contribution in [0.5, 0.6) is 0 Å². The Hall–Kier alpha value is -0.610. The Labute approximate surface area is 91.6 Å². The van der Waals surface area contributed by atoms with Crippen molar-refractivity contribution >= 4 is 5.97 Å². The standard InChI is InChI=1S/C11H22O4/c1-6-11(4,9(12)13)15-8-7-10(2,3)14-5/h6-8H2,1-5H3,(H,12,13). The summed E-state index contributed by atoms with van der Waals surface area (Å²) in [5.74, 6) is -0.916. The van der Waals surface area contributed by atoms with Gasteiger partial charge < -0.3 is 14.6 Å². The first kappa shape index (κ1) is 14.4. The van der Waals surface area contributed by atoms with Gasteiger partial charge in [0.25, 0.3) is 0 Å². The van der Waals surface area contributed by atoms with E-state index in [0.717, 1.165) is 0 Å². The molecule has 0 spiro atoms. The van der Waals surface area contributed by atoms with Crippen LogP contribution in [0.2, 0.25) is 0 Å². The molecule has 0 aromatic carbocycles. The molecule has 90 valence electrons. The molecule has 0 aliphatic heterocycles. The number of carbonyl (C=O) groups is 1. The van der Waals surface area contributed by atoms with E-state index in [1.807, 2.05) is 13.8 Å². The maximum absolute atomic E-state index is 10.9. The van der Waals surface area contributed by atoms with Crippen LogP contribution < -0.4 is 0 Å². The third-order valence-corrected chi connectivity index (χ3v) is 2.80. The Balaban J connectivity index is 4.09. The fraction of sp³-hybridized carbons (Fsp3) is 0.909. The van der Waals surface area contributed by atoms with Gasteiger partial charge >= 0.3 is 5.97 Å². The van der Waals surface area contributed by atoms with Gasteiger partial charge in [0.1, 0.15) is 0 Å². The average Bonchev–Trinajstić information content (AvgIpc) is 2.17. The van der Waals surface area contributed by atoms with Crippen molar-refractivity contribution in [2.75, 3.05) is 13.7 Å². The number of hydrogen-bond acceptors (Lipinski definition) is 3. The van der Waals surface area contributed by atoms with E-state index in [0.29, 0.717) is 19.4 Å². The van der Waals surface area contributed by atoms with Gasteiger partial charge in [-0.2, -0.15) is 0 Å². The number of hydrogen-bond donors (Lipinski definition) is 1. The molecule has 15 heavy (non-hydrogen) atoms. The zero-order valence-electron chi connectivity index (χ0n) is 10.3. The van der Waals surface area contributed by atoms with Crippen LogP contribution in [0.15, 0.2) is 0 Å². The van der Waals surface area contributed by atoms with E-state index in [-0.39, 0.29) is 5.60 Å². The van der Waals surface area contributed by atoms with Gasteiger partial charge in [0.15, 0.2) is 5.60 Å². The molecule has 0 bridgehead atoms. The van der Waals surface area contributed by atoms with E-state index in [2.05, 4.69) is 0 Å². The Morgan fingerprint density at radius 3 is 2.20 bits per heavy atom. The van der Waals surface area contributed by atoms with Crippen molar-refractivity contribution in [3.05, 3.63) is 0 Å². The highest BCUT2D eigenvalue weighted by Gasteiger charge is 2.32. The number of methoxy groups -OCH3 is 1. The first-order chi connectivity index (χ1) is 6.77. The maximum Gasteiger partial charge on any atom is 0.335 e. The monoisotopic (exact) mass is 218 g/mol. The van der Waals surface area contributed by atoms with Crippen LogP contribution in [0.1, 0.15) is 40.5 Å². The van der Waals surface area contributed by atoms with Crippen molar-refractivity contribution in [2.45, 2.75) is 51.7 Å². The summed E-state index contributed by atoms with van der Waals surface area (Å²) in [6.45, 7) is 7.67. The maximum atomic E-state index is 10.9. The molecule has 0 radical (unpaired) electrons. The Morgan fingerprint density at radius 2 is 1.87 bits per heavy atom. The molecule has 1 unspecified atom stereocenters. The third-order valence-electron chi connectivity index (χ3n) is 2.80. The van der Waals surface area contributed by atoms with E-state index in [9.17, 15) is 4.79 Å². The Bertz CT molecular complexity index is 213. The average molecular weight is 218 g/mol. The molecule has 0 amide bonds. The van der Waals surface area contributed by atoms with Gasteiger partial charge in [-0.05, 0) is 33.6 Å². The Kier molecular flexibility index (Phi) is 5.24. The second kappa shape index (κ2) is 5.47. The van der Waals surface area contributed by atoms with Crippen LogP contribution in [0, 0.1) is 0 Å². The zero-order chi connectivity index (χ0) is 12.1. The van der Waals surface area contributed by atoms with Gasteiger partial charge in [0.2, 0.25) is 0 Å². The van der Waals surface area contributed by atoms with E-state index >= 15 is 0 Å². The summed E-state index contributed by atoms with van der Waals surface area (Å²) in [7, 11) is 1.64. The predicted molar refractivity (Wildman–Crippen MR) is 58.0 cm³/mol. The molecule has 0 saturated carbocycles. The first-order valence-electron chi connectivity index (χ1n) is 5.20. The van der Waals surface area contributed by atoms with Crippen LogP contribution in [0.3, 0.4) is 0 Å². The smallest absolute Gasteiger partial charge is 0.335 e. The molecule has 0 aromatic heterocycles. The molecule has 0 fully saturated rings. The summed E-state index contributed by atoms with van der Waals surface area (Å²) >= 11 is 0. The fourth-order valence-electron chi connectivity index (χ4n) is 0.939. The number of carboxylic acids is 1. The summed E-state index contributed by atoms with van der Waals surface area (Å²) in [6, 6.07) is 0. The quantitative estimate of drug-likeness (QED) is 0.710. The zero-order valence-corrected chi connectivity index (χ0v) is 10.3. The molecule has 0 heterocycles. The van der Waals surface area contributed by atoms with Crippen molar-refractivity contribution in [1.29, 1.82) is 0 Å². The highest BCUT2D eigenvalue weighted by atomic mass is 16.5. The molecular weight excluding hydrogens is 196 g/mol. The van der Waals surface area contributed by atoms with Crippen molar-refractivity contribution in [3.63, 3.8) is 0 Å². The molecule has 0 aliphatic carbocycles. The highest BCUT2D eigenvalue weighted by Crippen LogP contribution is 2.19. The minimum absolute atomic E-state index is 0.271. The third kappa shape index (κ3) is 4.62. The van der Waals surface area contributed by atoms with E-state index in [1.165, 1.54) is 0 Å². The van der Waals surface area contributed by atoms with Gasteiger partial charge in [0.05, 0.1) is 12.2 Å². The van der Waals surface area contributed by atoms with Gasteiger partial charge in [0, 0.05) is 7.11 Å². The van der Waals surface area contributed by atoms with Gasteiger partial charge in [-0.3, -0.25) is 0 Å².